The number of anilines is 1. The number of nitrogens with zero attached hydrogens (tertiary/aromatic N) is 4. The Bertz CT molecular complexity index is 1050. The van der Waals surface area contributed by atoms with E-state index in [0.717, 1.165) is 34.3 Å². The van der Waals surface area contributed by atoms with Crippen LogP contribution in [0.5, 0.6) is 0 Å². The molecule has 1 aliphatic carbocycles. The fourth-order valence-corrected chi connectivity index (χ4v) is 6.14. The molecule has 34 heavy (non-hydrogen) atoms. The monoisotopic (exact) mass is 529 g/mol. The molecule has 0 saturated carbocycles. The highest BCUT2D eigenvalue weighted by atomic mass is 79.9. The number of fused-ring (bicyclic) bond motifs is 1. The molecular formula is C26H33BrFN5O. The third kappa shape index (κ3) is 4.47. The fraction of sp³-hybridized carbons (Fsp3) is 0.577. The van der Waals surface area contributed by atoms with E-state index in [4.69, 9.17) is 0 Å². The second-order valence-electron chi connectivity index (χ2n) is 10.6. The summed E-state index contributed by atoms with van der Waals surface area (Å²) >= 11 is 3.52. The molecule has 182 valence electrons. The van der Waals surface area contributed by atoms with Crippen molar-refractivity contribution >= 4 is 27.7 Å². The van der Waals surface area contributed by atoms with Crippen LogP contribution < -0.4 is 10.2 Å². The van der Waals surface area contributed by atoms with Gasteiger partial charge in [0.15, 0.2) is 0 Å². The van der Waals surface area contributed by atoms with Gasteiger partial charge >= 0.3 is 0 Å². The van der Waals surface area contributed by atoms with Gasteiger partial charge in [0, 0.05) is 47.8 Å². The zero-order chi connectivity index (χ0) is 24.0. The van der Waals surface area contributed by atoms with Gasteiger partial charge in [0.2, 0.25) is 5.91 Å². The van der Waals surface area contributed by atoms with E-state index in [9.17, 15) is 9.18 Å². The summed E-state index contributed by atoms with van der Waals surface area (Å²) in [5, 5.41) is 3.71. The largest absolute Gasteiger partial charge is 0.353 e. The molecule has 3 heterocycles. The molecule has 0 spiro atoms. The lowest BCUT2D eigenvalue weighted by Gasteiger charge is -2.39. The molecule has 0 bridgehead atoms. The van der Waals surface area contributed by atoms with Crippen molar-refractivity contribution in [3.05, 3.63) is 51.9 Å². The molecule has 3 aliphatic rings. The van der Waals surface area contributed by atoms with Crippen LogP contribution in [0, 0.1) is 0 Å². The highest BCUT2D eigenvalue weighted by Gasteiger charge is 2.41. The van der Waals surface area contributed by atoms with E-state index in [-0.39, 0.29) is 29.3 Å². The Labute approximate surface area is 209 Å². The van der Waals surface area contributed by atoms with Crippen LogP contribution in [0.2, 0.25) is 0 Å². The van der Waals surface area contributed by atoms with Gasteiger partial charge in [-0.15, -0.1) is 0 Å². The van der Waals surface area contributed by atoms with Crippen molar-refractivity contribution in [1.29, 1.82) is 0 Å². The number of alkyl halides is 1. The molecule has 0 radical (unpaired) electrons. The van der Waals surface area contributed by atoms with Crippen LogP contribution in [0.25, 0.3) is 0 Å². The van der Waals surface area contributed by atoms with E-state index in [1.165, 1.54) is 6.33 Å². The first-order valence-corrected chi connectivity index (χ1v) is 13.1. The zero-order valence-corrected chi connectivity index (χ0v) is 21.7. The summed E-state index contributed by atoms with van der Waals surface area (Å²) in [4.78, 5) is 26.8. The molecule has 2 fully saturated rings. The van der Waals surface area contributed by atoms with Crippen molar-refractivity contribution in [2.45, 2.75) is 69.6 Å². The number of carbonyl (C=O) groups excluding carboxylic acids is 1. The van der Waals surface area contributed by atoms with Gasteiger partial charge < -0.3 is 15.1 Å². The average Bonchev–Trinajstić information content (AvgIpc) is 3.33. The molecular weight excluding hydrogens is 497 g/mol. The summed E-state index contributed by atoms with van der Waals surface area (Å²) in [7, 11) is 0. The topological polar surface area (TPSA) is 61.4 Å². The fourth-order valence-electron chi connectivity index (χ4n) is 5.88. The van der Waals surface area contributed by atoms with Crippen molar-refractivity contribution in [2.24, 2.45) is 0 Å². The number of carbonyl (C=O) groups is 1. The summed E-state index contributed by atoms with van der Waals surface area (Å²) in [6.45, 7) is 9.10. The van der Waals surface area contributed by atoms with Gasteiger partial charge in [0.25, 0.3) is 0 Å². The number of rotatable bonds is 4. The van der Waals surface area contributed by atoms with Crippen molar-refractivity contribution in [2.75, 3.05) is 31.1 Å². The second-order valence-corrected chi connectivity index (χ2v) is 11.5. The predicted octanol–water partition coefficient (Wildman–Crippen LogP) is 4.72. The number of hydrogen-bond acceptors (Lipinski definition) is 5. The van der Waals surface area contributed by atoms with E-state index in [1.807, 2.05) is 24.0 Å². The summed E-state index contributed by atoms with van der Waals surface area (Å²) < 4.78 is 15.4. The summed E-state index contributed by atoms with van der Waals surface area (Å²) in [5.41, 5.74) is 2.58. The number of halogens is 2. The number of benzene rings is 1. The molecule has 1 aromatic carbocycles. The molecule has 4 atom stereocenters. The van der Waals surface area contributed by atoms with E-state index < -0.39 is 6.17 Å². The van der Waals surface area contributed by atoms with Crippen LogP contribution in [0.1, 0.15) is 74.9 Å². The highest BCUT2D eigenvalue weighted by Crippen LogP contribution is 2.44. The lowest BCUT2D eigenvalue weighted by molar-refractivity contribution is -0.133. The van der Waals surface area contributed by atoms with Gasteiger partial charge in [-0.2, -0.15) is 0 Å². The predicted molar refractivity (Wildman–Crippen MR) is 135 cm³/mol. The van der Waals surface area contributed by atoms with E-state index >= 15 is 0 Å². The smallest absolute Gasteiger partial charge is 0.231 e. The number of amides is 1. The first-order valence-electron chi connectivity index (χ1n) is 12.3. The number of aromatic nitrogens is 2. The van der Waals surface area contributed by atoms with Gasteiger partial charge in [-0.25, -0.2) is 14.4 Å². The van der Waals surface area contributed by atoms with Gasteiger partial charge in [0.05, 0.1) is 11.6 Å². The van der Waals surface area contributed by atoms with Crippen LogP contribution in [0.15, 0.2) is 35.1 Å². The van der Waals surface area contributed by atoms with Crippen molar-refractivity contribution in [3.63, 3.8) is 0 Å². The quantitative estimate of drug-likeness (QED) is 0.620. The maximum Gasteiger partial charge on any atom is 0.231 e. The van der Waals surface area contributed by atoms with Crippen molar-refractivity contribution in [1.82, 2.24) is 20.2 Å². The number of hydrogen-bond donors (Lipinski definition) is 1. The Hall–Kier alpha value is -2.06. The summed E-state index contributed by atoms with van der Waals surface area (Å²) in [6, 6.07) is 8.28. The molecule has 8 heteroatoms. The average molecular weight is 530 g/mol. The minimum absolute atomic E-state index is 0.0373. The second kappa shape index (κ2) is 9.19. The molecule has 1 amide bonds. The first kappa shape index (κ1) is 23.7. The minimum atomic E-state index is -1.01. The minimum Gasteiger partial charge on any atom is -0.353 e. The Morgan fingerprint density at radius 2 is 1.88 bits per heavy atom. The first-order chi connectivity index (χ1) is 16.2. The standard InChI is InChI=1S/C26H33BrFN5O/c1-16-14-19(28)23-21(16)24(30-15-29-23)32-10-12-33(13-11-32)25(34)22(17-4-6-18(27)7-5-17)20-8-9-26(2,3)31-20/h4-7,15-16,19-20,22,31H,8-14H2,1-3H3/t16-,19+,20?,22?/m1/s1. The highest BCUT2D eigenvalue weighted by molar-refractivity contribution is 9.10. The Morgan fingerprint density at radius 3 is 2.53 bits per heavy atom. The lowest BCUT2D eigenvalue weighted by Crippen LogP contribution is -2.53. The van der Waals surface area contributed by atoms with Gasteiger partial charge in [-0.05, 0) is 56.7 Å². The van der Waals surface area contributed by atoms with Gasteiger partial charge in [-0.3, -0.25) is 4.79 Å². The molecule has 2 unspecified atom stereocenters. The van der Waals surface area contributed by atoms with Crippen LogP contribution in [0.4, 0.5) is 10.2 Å². The van der Waals surface area contributed by atoms with E-state index in [2.05, 4.69) is 62.1 Å². The Morgan fingerprint density at radius 1 is 1.18 bits per heavy atom. The van der Waals surface area contributed by atoms with E-state index in [0.29, 0.717) is 38.3 Å². The van der Waals surface area contributed by atoms with E-state index in [1.54, 1.807) is 0 Å². The molecule has 2 saturated heterocycles. The molecule has 2 aliphatic heterocycles. The Kier molecular flexibility index (Phi) is 6.40. The molecule has 5 rings (SSSR count). The van der Waals surface area contributed by atoms with Gasteiger partial charge in [0.1, 0.15) is 18.3 Å². The van der Waals surface area contributed by atoms with Crippen LogP contribution in [-0.2, 0) is 4.79 Å². The van der Waals surface area contributed by atoms with Crippen molar-refractivity contribution in [3.8, 4) is 0 Å². The number of piperazine rings is 1. The third-order valence-corrected chi connectivity index (χ3v) is 8.22. The summed E-state index contributed by atoms with van der Waals surface area (Å²) in [5.74, 6) is 0.923. The third-order valence-electron chi connectivity index (χ3n) is 7.69. The van der Waals surface area contributed by atoms with Crippen molar-refractivity contribution < 1.29 is 9.18 Å². The molecule has 2 aromatic rings. The normalized spacial score (nSPS) is 27.0. The molecule has 1 aromatic heterocycles. The lowest BCUT2D eigenvalue weighted by atomic mass is 9.89. The van der Waals surface area contributed by atoms with Gasteiger partial charge in [-0.1, -0.05) is 35.0 Å². The maximum atomic E-state index is 14.4. The maximum absolute atomic E-state index is 14.4. The summed E-state index contributed by atoms with van der Waals surface area (Å²) in [6.07, 6.45) is 2.98. The Balaban J connectivity index is 1.33. The number of nitrogens with one attached hydrogen (secondary N) is 1. The molecule has 1 N–H and O–H groups in total. The SMILES string of the molecule is C[C@@H]1C[C@H](F)c2ncnc(N3CCN(C(=O)C(c4ccc(Br)cc4)C4CCC(C)(C)N4)CC3)c21. The molecule has 6 nitrogen and oxygen atoms in total. The van der Waals surface area contributed by atoms with Crippen LogP contribution in [-0.4, -0.2) is 58.5 Å². The zero-order valence-electron chi connectivity index (χ0n) is 20.1. The van der Waals surface area contributed by atoms with Crippen LogP contribution in [0.3, 0.4) is 0 Å². The van der Waals surface area contributed by atoms with Crippen LogP contribution >= 0.6 is 15.9 Å².